The van der Waals surface area contributed by atoms with Crippen molar-refractivity contribution >= 4 is 30.1 Å². The Morgan fingerprint density at radius 1 is 0.405 bits per heavy atom. The minimum Gasteiger partial charge on any atom is -0.207 e. The van der Waals surface area contributed by atoms with Gasteiger partial charge in [-0.3, -0.25) is 0 Å². The van der Waals surface area contributed by atoms with E-state index >= 15 is 0 Å². The van der Waals surface area contributed by atoms with E-state index in [9.17, 15) is 25.3 Å². The van der Waals surface area contributed by atoms with Gasteiger partial charge in [0.05, 0.1) is 28.0 Å². The summed E-state index contributed by atoms with van der Waals surface area (Å²) in [5.41, 5.74) is 0. The van der Waals surface area contributed by atoms with Gasteiger partial charge in [-0.1, -0.05) is 110 Å². The largest absolute Gasteiger partial charge is 0.245 e. The van der Waals surface area contributed by atoms with E-state index in [-0.39, 0.29) is 27.8 Å². The van der Waals surface area contributed by atoms with Gasteiger partial charge in [0.15, 0.2) is 0 Å². The van der Waals surface area contributed by atoms with Gasteiger partial charge in [-0.05, 0) is 36.4 Å². The minimum absolute atomic E-state index is 0.00756. The number of nitrogens with zero attached hydrogens (tertiary/aromatic N) is 3. The molecule has 236 valence electrons. The third kappa shape index (κ3) is 10.3. The van der Waals surface area contributed by atoms with Crippen molar-refractivity contribution in [3.63, 3.8) is 0 Å². The summed E-state index contributed by atoms with van der Waals surface area (Å²) in [6, 6.07) is 22.8. The van der Waals surface area contributed by atoms with Crippen LogP contribution < -0.4 is 0 Å². The van der Waals surface area contributed by atoms with Crippen molar-refractivity contribution in [3.8, 4) is 0 Å². The van der Waals surface area contributed by atoms with Crippen molar-refractivity contribution in [2.24, 2.45) is 0 Å². The SMILES string of the molecule is CC.CC.CC.CCN(CN(CN(CC)S(=O)(=O)c1ccccc1)S(=O)(=O)c1ccccc1)S(=O)(=O)c1ccccc1. The molecule has 0 saturated carbocycles. The van der Waals surface area contributed by atoms with Crippen molar-refractivity contribution in [2.75, 3.05) is 26.4 Å². The Morgan fingerprint density at radius 2 is 0.619 bits per heavy atom. The zero-order valence-electron chi connectivity index (χ0n) is 26.0. The lowest BCUT2D eigenvalue weighted by atomic mass is 10.4. The third-order valence-electron chi connectivity index (χ3n) is 5.48. The van der Waals surface area contributed by atoms with Gasteiger partial charge >= 0.3 is 0 Å². The Morgan fingerprint density at radius 3 is 0.833 bits per heavy atom. The number of hydrogen-bond acceptors (Lipinski definition) is 6. The smallest absolute Gasteiger partial charge is 0.207 e. The van der Waals surface area contributed by atoms with E-state index in [1.807, 2.05) is 41.5 Å². The Bertz CT molecular complexity index is 1370. The second-order valence-electron chi connectivity index (χ2n) is 7.73. The zero-order chi connectivity index (χ0) is 32.4. The summed E-state index contributed by atoms with van der Waals surface area (Å²) < 4.78 is 83.4. The summed E-state index contributed by atoms with van der Waals surface area (Å²) in [5.74, 6) is 0. The zero-order valence-corrected chi connectivity index (χ0v) is 28.5. The minimum atomic E-state index is -4.28. The first-order chi connectivity index (χ1) is 20.0. The molecule has 0 bridgehead atoms. The van der Waals surface area contributed by atoms with Crippen LogP contribution in [0.2, 0.25) is 0 Å². The summed E-state index contributed by atoms with van der Waals surface area (Å²) in [6.07, 6.45) is 0. The Kier molecular flexibility index (Phi) is 18.3. The monoisotopic (exact) mass is 641 g/mol. The van der Waals surface area contributed by atoms with Crippen LogP contribution in [0.3, 0.4) is 0 Å². The van der Waals surface area contributed by atoms with Crippen molar-refractivity contribution in [1.82, 2.24) is 12.9 Å². The first-order valence-electron chi connectivity index (χ1n) is 14.2. The van der Waals surface area contributed by atoms with E-state index in [0.717, 1.165) is 12.9 Å². The van der Waals surface area contributed by atoms with Crippen LogP contribution in [-0.4, -0.2) is 64.6 Å². The topological polar surface area (TPSA) is 112 Å². The second kappa shape index (κ2) is 19.6. The third-order valence-corrected chi connectivity index (χ3v) is 11.1. The van der Waals surface area contributed by atoms with E-state index in [2.05, 4.69) is 0 Å². The molecule has 0 aliphatic heterocycles. The highest BCUT2D eigenvalue weighted by atomic mass is 32.2. The average Bonchev–Trinajstić information content (AvgIpc) is 3.05. The molecule has 3 aromatic carbocycles. The Labute approximate surface area is 255 Å². The lowest BCUT2D eigenvalue weighted by Gasteiger charge is -2.32. The number of benzene rings is 3. The summed E-state index contributed by atoms with van der Waals surface area (Å²) in [5, 5.41) is 0. The molecule has 0 unspecified atom stereocenters. The molecule has 0 spiro atoms. The predicted molar refractivity (Wildman–Crippen MR) is 171 cm³/mol. The lowest BCUT2D eigenvalue weighted by molar-refractivity contribution is 0.234. The maximum Gasteiger partial charge on any atom is 0.245 e. The molecule has 0 N–H and O–H groups in total. The highest BCUT2D eigenvalue weighted by Gasteiger charge is 2.35. The molecule has 0 aliphatic carbocycles. The molecule has 0 amide bonds. The van der Waals surface area contributed by atoms with Crippen LogP contribution in [0.25, 0.3) is 0 Å². The molecular formula is C30H47N3O6S3. The molecule has 0 aromatic heterocycles. The molecule has 0 radical (unpaired) electrons. The molecular weight excluding hydrogens is 595 g/mol. The molecule has 0 saturated heterocycles. The highest BCUT2D eigenvalue weighted by molar-refractivity contribution is 7.90. The molecule has 42 heavy (non-hydrogen) atoms. The number of rotatable bonds is 12. The maximum atomic E-state index is 13.6. The van der Waals surface area contributed by atoms with Crippen LogP contribution >= 0.6 is 0 Å². The van der Waals surface area contributed by atoms with Gasteiger partial charge in [-0.15, -0.1) is 0 Å². The molecule has 0 aliphatic rings. The van der Waals surface area contributed by atoms with Gasteiger partial charge in [-0.2, -0.15) is 12.9 Å². The van der Waals surface area contributed by atoms with Crippen molar-refractivity contribution in [1.29, 1.82) is 0 Å². The molecule has 12 heteroatoms. The summed E-state index contributed by atoms with van der Waals surface area (Å²) in [4.78, 5) is -0.0624. The molecule has 0 atom stereocenters. The van der Waals surface area contributed by atoms with E-state index in [1.165, 1.54) is 36.4 Å². The van der Waals surface area contributed by atoms with Gasteiger partial charge in [0.25, 0.3) is 0 Å². The fourth-order valence-electron chi connectivity index (χ4n) is 3.47. The summed E-state index contributed by atoms with van der Waals surface area (Å²) in [6.45, 7) is 14.0. The Hall–Kier alpha value is -2.61. The fourth-order valence-corrected chi connectivity index (χ4v) is 7.85. The van der Waals surface area contributed by atoms with Crippen molar-refractivity contribution < 1.29 is 25.3 Å². The summed E-state index contributed by atoms with van der Waals surface area (Å²) in [7, 11) is -12.4. The van der Waals surface area contributed by atoms with Crippen LogP contribution in [0.5, 0.6) is 0 Å². The average molecular weight is 642 g/mol. The second-order valence-corrected chi connectivity index (χ2v) is 13.5. The van der Waals surface area contributed by atoms with Gasteiger partial charge in [0, 0.05) is 13.1 Å². The van der Waals surface area contributed by atoms with Crippen molar-refractivity contribution in [3.05, 3.63) is 91.0 Å². The van der Waals surface area contributed by atoms with Gasteiger partial charge in [0.1, 0.15) is 0 Å². The van der Waals surface area contributed by atoms with Gasteiger partial charge in [-0.25, -0.2) is 25.3 Å². The highest BCUT2D eigenvalue weighted by Crippen LogP contribution is 2.23. The quantitative estimate of drug-likeness (QED) is 0.221. The first kappa shape index (κ1) is 39.4. The molecule has 0 heterocycles. The molecule has 3 aromatic rings. The number of sulfonamides is 3. The van der Waals surface area contributed by atoms with Gasteiger partial charge < -0.3 is 0 Å². The van der Waals surface area contributed by atoms with Gasteiger partial charge in [0.2, 0.25) is 30.1 Å². The van der Waals surface area contributed by atoms with Crippen molar-refractivity contribution in [2.45, 2.75) is 70.1 Å². The van der Waals surface area contributed by atoms with Crippen LogP contribution in [0.4, 0.5) is 0 Å². The molecule has 0 fully saturated rings. The van der Waals surface area contributed by atoms with E-state index in [1.54, 1.807) is 68.4 Å². The number of hydrogen-bond donors (Lipinski definition) is 0. The predicted octanol–water partition coefficient (Wildman–Crippen LogP) is 6.09. The van der Waals surface area contributed by atoms with Crippen LogP contribution in [0, 0.1) is 0 Å². The normalized spacial score (nSPS) is 11.5. The van der Waals surface area contributed by atoms with E-state index in [4.69, 9.17) is 0 Å². The van der Waals surface area contributed by atoms with Crippen LogP contribution in [0.15, 0.2) is 106 Å². The van der Waals surface area contributed by atoms with Crippen LogP contribution in [0.1, 0.15) is 55.4 Å². The lowest BCUT2D eigenvalue weighted by Crippen LogP contribution is -2.49. The fraction of sp³-hybridized carbons (Fsp3) is 0.400. The first-order valence-corrected chi connectivity index (χ1v) is 18.5. The molecule has 9 nitrogen and oxygen atoms in total. The van der Waals surface area contributed by atoms with Crippen LogP contribution in [-0.2, 0) is 30.1 Å². The Balaban J connectivity index is 0.00000263. The summed E-state index contributed by atoms with van der Waals surface area (Å²) >= 11 is 0. The van der Waals surface area contributed by atoms with E-state index < -0.39 is 43.4 Å². The maximum absolute atomic E-state index is 13.6. The standard InChI is InChI=1S/C24H29N3O6S3.3C2H6/c1-3-25(34(28,29)22-14-8-5-9-15-22)20-27(36(32,33)24-18-12-7-13-19-24)21-26(4-2)35(30,31)23-16-10-6-11-17-23;3*1-2/h5-19H,3-4,20-21H2,1-2H3;3*1-2H3. The molecule has 3 rings (SSSR count). The van der Waals surface area contributed by atoms with E-state index in [0.29, 0.717) is 0 Å².